The molecular formula is C21H20ClNO5. The summed E-state index contributed by atoms with van der Waals surface area (Å²) in [6.07, 6.45) is 1.64. The number of fused-ring (bicyclic) bond motifs is 1. The van der Waals surface area contributed by atoms with Gasteiger partial charge >= 0.3 is 5.97 Å². The predicted molar refractivity (Wildman–Crippen MR) is 103 cm³/mol. The topological polar surface area (TPSA) is 62.8 Å². The van der Waals surface area contributed by atoms with Crippen LogP contribution in [0.5, 0.6) is 5.75 Å². The second-order valence-corrected chi connectivity index (χ2v) is 7.13. The monoisotopic (exact) mass is 401 g/mol. The van der Waals surface area contributed by atoms with Gasteiger partial charge in [-0.25, -0.2) is 4.79 Å². The van der Waals surface area contributed by atoms with Crippen molar-refractivity contribution in [3.63, 3.8) is 0 Å². The largest absolute Gasteiger partial charge is 0.467 e. The molecule has 0 N–H and O–H groups in total. The van der Waals surface area contributed by atoms with E-state index >= 15 is 0 Å². The van der Waals surface area contributed by atoms with Crippen LogP contribution in [0, 0.1) is 13.8 Å². The van der Waals surface area contributed by atoms with Crippen molar-refractivity contribution >= 4 is 17.6 Å². The number of aromatic nitrogens is 1. The number of carbonyl (C=O) groups excluding carboxylic acids is 1. The van der Waals surface area contributed by atoms with Crippen LogP contribution in [0.25, 0.3) is 0 Å². The highest BCUT2D eigenvalue weighted by Gasteiger charge is 2.21. The molecule has 28 heavy (non-hydrogen) atoms. The Morgan fingerprint density at radius 1 is 1.29 bits per heavy atom. The smallest absolute Gasteiger partial charge is 0.340 e. The molecule has 1 aliphatic rings. The van der Waals surface area contributed by atoms with Crippen molar-refractivity contribution < 1.29 is 23.4 Å². The van der Waals surface area contributed by atoms with E-state index in [2.05, 4.69) is 0 Å². The zero-order chi connectivity index (χ0) is 19.7. The van der Waals surface area contributed by atoms with Crippen molar-refractivity contribution in [2.24, 2.45) is 0 Å². The summed E-state index contributed by atoms with van der Waals surface area (Å²) in [5, 5.41) is 0.551. The van der Waals surface area contributed by atoms with E-state index in [1.807, 2.05) is 36.6 Å². The lowest BCUT2D eigenvalue weighted by molar-refractivity contribution is -0.0180. The molecule has 0 saturated heterocycles. The van der Waals surface area contributed by atoms with Crippen LogP contribution in [0.1, 0.15) is 38.6 Å². The number of aryl methyl sites for hydroxylation is 1. The molecule has 1 aromatic carbocycles. The Morgan fingerprint density at radius 3 is 2.93 bits per heavy atom. The molecule has 146 valence electrons. The average molecular weight is 402 g/mol. The maximum absolute atomic E-state index is 12.7. The van der Waals surface area contributed by atoms with Gasteiger partial charge in [-0.1, -0.05) is 11.6 Å². The number of ether oxygens (including phenoxy) is 3. The highest BCUT2D eigenvalue weighted by atomic mass is 35.5. The van der Waals surface area contributed by atoms with Crippen LogP contribution >= 0.6 is 11.6 Å². The first kappa shape index (κ1) is 18.7. The molecule has 3 heterocycles. The minimum Gasteiger partial charge on any atom is -0.467 e. The molecule has 2 aromatic heterocycles. The molecule has 0 aliphatic carbocycles. The minimum atomic E-state index is -0.389. The van der Waals surface area contributed by atoms with E-state index in [0.29, 0.717) is 29.5 Å². The molecule has 0 atom stereocenters. The van der Waals surface area contributed by atoms with Crippen LogP contribution in [0.2, 0.25) is 5.02 Å². The Morgan fingerprint density at radius 2 is 2.14 bits per heavy atom. The lowest BCUT2D eigenvalue weighted by Gasteiger charge is -2.21. The van der Waals surface area contributed by atoms with Crippen molar-refractivity contribution in [1.82, 2.24) is 4.57 Å². The fourth-order valence-electron chi connectivity index (χ4n) is 3.39. The summed E-state index contributed by atoms with van der Waals surface area (Å²) in [5.41, 5.74) is 3.90. The molecule has 6 nitrogen and oxygen atoms in total. The second-order valence-electron chi connectivity index (χ2n) is 6.69. The summed E-state index contributed by atoms with van der Waals surface area (Å²) in [6, 6.07) is 9.13. The molecule has 0 saturated carbocycles. The number of furan rings is 1. The number of hydrogen-bond donors (Lipinski definition) is 0. The molecule has 0 spiro atoms. The van der Waals surface area contributed by atoms with Gasteiger partial charge in [0.1, 0.15) is 18.1 Å². The zero-order valence-corrected chi connectivity index (χ0v) is 16.4. The van der Waals surface area contributed by atoms with Gasteiger partial charge in [0, 0.05) is 27.5 Å². The fraction of sp³-hybridized carbons (Fsp3) is 0.286. The second kappa shape index (κ2) is 7.73. The number of hydrogen-bond acceptors (Lipinski definition) is 5. The molecule has 0 bridgehead atoms. The van der Waals surface area contributed by atoms with Crippen molar-refractivity contribution in [2.45, 2.75) is 33.6 Å². The van der Waals surface area contributed by atoms with Gasteiger partial charge in [0.05, 0.1) is 25.0 Å². The highest BCUT2D eigenvalue weighted by Crippen LogP contribution is 2.32. The first-order valence-electron chi connectivity index (χ1n) is 8.91. The molecule has 0 unspecified atom stereocenters. The highest BCUT2D eigenvalue weighted by molar-refractivity contribution is 6.30. The van der Waals surface area contributed by atoms with E-state index in [1.54, 1.807) is 18.4 Å². The fourth-order valence-corrected chi connectivity index (χ4v) is 3.66. The first-order valence-corrected chi connectivity index (χ1v) is 9.29. The third-order valence-corrected chi connectivity index (χ3v) is 5.02. The standard InChI is InChI=1S/C21H20ClNO5/c1-13-6-19(14(2)23(13)9-18-4-3-5-26-18)21(24)27-11-16-8-17(22)7-15-10-25-12-28-20(15)16/h3-8H,9-12H2,1-2H3. The van der Waals surface area contributed by atoms with E-state index in [0.717, 1.165) is 28.3 Å². The summed E-state index contributed by atoms with van der Waals surface area (Å²) in [6.45, 7) is 5.08. The van der Waals surface area contributed by atoms with Gasteiger partial charge in [0.2, 0.25) is 0 Å². The average Bonchev–Trinajstić information content (AvgIpc) is 3.29. The lowest BCUT2D eigenvalue weighted by Crippen LogP contribution is -2.14. The molecule has 0 fully saturated rings. The number of benzene rings is 1. The van der Waals surface area contributed by atoms with E-state index in [9.17, 15) is 4.79 Å². The number of halogens is 1. The first-order chi connectivity index (χ1) is 13.5. The van der Waals surface area contributed by atoms with Gasteiger partial charge in [-0.05, 0) is 44.2 Å². The van der Waals surface area contributed by atoms with Gasteiger partial charge in [0.15, 0.2) is 6.79 Å². The molecular weight excluding hydrogens is 382 g/mol. The van der Waals surface area contributed by atoms with Crippen LogP contribution in [0.3, 0.4) is 0 Å². The quantitative estimate of drug-likeness (QED) is 0.583. The number of esters is 1. The zero-order valence-electron chi connectivity index (χ0n) is 15.7. The van der Waals surface area contributed by atoms with Gasteiger partial charge in [0.25, 0.3) is 0 Å². The molecule has 1 aliphatic heterocycles. The lowest BCUT2D eigenvalue weighted by atomic mass is 10.1. The van der Waals surface area contributed by atoms with Gasteiger partial charge in [-0.15, -0.1) is 0 Å². The summed E-state index contributed by atoms with van der Waals surface area (Å²) in [5.74, 6) is 1.11. The Balaban J connectivity index is 1.51. The summed E-state index contributed by atoms with van der Waals surface area (Å²) in [7, 11) is 0. The Bertz CT molecular complexity index is 1010. The maximum atomic E-state index is 12.7. The van der Waals surface area contributed by atoms with E-state index in [-0.39, 0.29) is 19.4 Å². The molecule has 3 aromatic rings. The SMILES string of the molecule is Cc1cc(C(=O)OCc2cc(Cl)cc3c2OCOC3)c(C)n1Cc1ccco1. The Labute approximate surface area is 167 Å². The Kier molecular flexibility index (Phi) is 5.15. The number of nitrogens with zero attached hydrogens (tertiary/aromatic N) is 1. The molecule has 0 amide bonds. The van der Waals surface area contributed by atoms with Crippen molar-refractivity contribution in [1.29, 1.82) is 0 Å². The number of carbonyl (C=O) groups is 1. The van der Waals surface area contributed by atoms with Crippen LogP contribution < -0.4 is 4.74 Å². The third kappa shape index (κ3) is 3.66. The molecule has 0 radical (unpaired) electrons. The van der Waals surface area contributed by atoms with Crippen LogP contribution in [0.15, 0.2) is 41.0 Å². The van der Waals surface area contributed by atoms with Crippen molar-refractivity contribution in [3.05, 3.63) is 75.5 Å². The van der Waals surface area contributed by atoms with Gasteiger partial charge < -0.3 is 23.2 Å². The summed E-state index contributed by atoms with van der Waals surface area (Å²) in [4.78, 5) is 12.7. The van der Waals surface area contributed by atoms with E-state index in [4.69, 9.17) is 30.2 Å². The molecule has 4 rings (SSSR count). The third-order valence-electron chi connectivity index (χ3n) is 4.80. The van der Waals surface area contributed by atoms with Gasteiger partial charge in [-0.2, -0.15) is 0 Å². The van der Waals surface area contributed by atoms with Crippen LogP contribution in [-0.2, 0) is 29.2 Å². The van der Waals surface area contributed by atoms with E-state index in [1.165, 1.54) is 0 Å². The summed E-state index contributed by atoms with van der Waals surface area (Å²) < 4.78 is 23.8. The van der Waals surface area contributed by atoms with Crippen molar-refractivity contribution in [3.8, 4) is 5.75 Å². The van der Waals surface area contributed by atoms with E-state index < -0.39 is 0 Å². The number of rotatable bonds is 5. The molecule has 7 heteroatoms. The van der Waals surface area contributed by atoms with Crippen LogP contribution in [0.4, 0.5) is 0 Å². The predicted octanol–water partition coefficient (Wildman–Crippen LogP) is 4.62. The Hall–Kier alpha value is -2.70. The van der Waals surface area contributed by atoms with Gasteiger partial charge in [-0.3, -0.25) is 0 Å². The maximum Gasteiger partial charge on any atom is 0.340 e. The minimum absolute atomic E-state index is 0.0730. The normalized spacial score (nSPS) is 13.1. The summed E-state index contributed by atoms with van der Waals surface area (Å²) >= 11 is 6.17. The van der Waals surface area contributed by atoms with Crippen LogP contribution in [-0.4, -0.2) is 17.3 Å². The van der Waals surface area contributed by atoms with Crippen molar-refractivity contribution in [2.75, 3.05) is 6.79 Å².